The molecule has 1 fully saturated rings. The van der Waals surface area contributed by atoms with Crippen molar-refractivity contribution in [3.8, 4) is 11.5 Å². The maximum Gasteiger partial charge on any atom is 0.231 e. The number of halogens is 1. The number of benzene rings is 2. The van der Waals surface area contributed by atoms with Gasteiger partial charge in [0, 0.05) is 50.6 Å². The molecule has 1 aromatic heterocycles. The normalized spacial score (nSPS) is 15.7. The Morgan fingerprint density at radius 3 is 2.66 bits per heavy atom. The van der Waals surface area contributed by atoms with Crippen LogP contribution in [-0.4, -0.2) is 57.7 Å². The molecule has 2 aliphatic rings. The number of aromatic nitrogens is 2. The molecule has 0 saturated carbocycles. The second-order valence-corrected chi connectivity index (χ2v) is 8.26. The van der Waals surface area contributed by atoms with Crippen LogP contribution in [0.4, 0.5) is 10.2 Å². The van der Waals surface area contributed by atoms with Crippen LogP contribution in [0.3, 0.4) is 0 Å². The average molecular weight is 454 g/mol. The average Bonchev–Trinajstić information content (AvgIpc) is 3.45. The van der Waals surface area contributed by atoms with Crippen LogP contribution in [0.25, 0.3) is 0 Å². The first-order valence-electron chi connectivity index (χ1n) is 10.6. The second kappa shape index (κ2) is 9.13. The van der Waals surface area contributed by atoms with E-state index in [1.165, 1.54) is 11.6 Å². The topological polar surface area (TPSA) is 54.8 Å². The molecule has 0 spiro atoms. The van der Waals surface area contributed by atoms with Gasteiger partial charge in [-0.05, 0) is 36.0 Å². The van der Waals surface area contributed by atoms with E-state index in [1.807, 2.05) is 24.4 Å². The Balaban J connectivity index is 1.11. The fourth-order valence-electron chi connectivity index (χ4n) is 3.91. The third-order valence-electron chi connectivity index (χ3n) is 5.67. The summed E-state index contributed by atoms with van der Waals surface area (Å²) in [5.41, 5.74) is 1.81. The summed E-state index contributed by atoms with van der Waals surface area (Å²) in [6.45, 7) is 5.04. The summed E-state index contributed by atoms with van der Waals surface area (Å²) in [7, 11) is 0. The van der Waals surface area contributed by atoms with Crippen LogP contribution in [0, 0.1) is 5.82 Å². The number of fused-ring (bicyclic) bond motifs is 1. The lowest BCUT2D eigenvalue weighted by Gasteiger charge is -2.36. The second-order valence-electron chi connectivity index (χ2n) is 7.87. The summed E-state index contributed by atoms with van der Waals surface area (Å²) in [6.07, 6.45) is 1.82. The number of nitrogens with one attached hydrogen (secondary N) is 1. The standard InChI is InChI=1S/C23H24FN5O2S/c24-19-4-2-1-3-18(19)15-29-8-7-22(26-29)25-23(32)28-11-9-27(10-12-28)14-17-5-6-20-21(13-17)31-16-30-20/h1-8,13H,9-12,14-16H2,(H,25,26,32). The van der Waals surface area contributed by atoms with Crippen molar-refractivity contribution in [1.29, 1.82) is 0 Å². The lowest BCUT2D eigenvalue weighted by atomic mass is 10.1. The van der Waals surface area contributed by atoms with Crippen molar-refractivity contribution in [3.63, 3.8) is 0 Å². The lowest BCUT2D eigenvalue weighted by Crippen LogP contribution is -2.49. The summed E-state index contributed by atoms with van der Waals surface area (Å²) in [5, 5.41) is 8.34. The molecule has 1 N–H and O–H groups in total. The molecular weight excluding hydrogens is 429 g/mol. The van der Waals surface area contributed by atoms with Crippen molar-refractivity contribution in [2.24, 2.45) is 0 Å². The summed E-state index contributed by atoms with van der Waals surface area (Å²) in [5.74, 6) is 2.06. The van der Waals surface area contributed by atoms with Crippen molar-refractivity contribution in [3.05, 3.63) is 71.7 Å². The number of thiocarbonyl (C=S) groups is 1. The van der Waals surface area contributed by atoms with Crippen molar-refractivity contribution >= 4 is 23.1 Å². The highest BCUT2D eigenvalue weighted by Crippen LogP contribution is 2.32. The van der Waals surface area contributed by atoms with E-state index in [9.17, 15) is 4.39 Å². The van der Waals surface area contributed by atoms with Gasteiger partial charge in [0.05, 0.1) is 6.54 Å². The minimum Gasteiger partial charge on any atom is -0.454 e. The molecule has 0 bridgehead atoms. The maximum atomic E-state index is 13.9. The van der Waals surface area contributed by atoms with Crippen LogP contribution in [0.5, 0.6) is 11.5 Å². The first kappa shape index (κ1) is 20.7. The van der Waals surface area contributed by atoms with E-state index >= 15 is 0 Å². The molecule has 3 aromatic rings. The third-order valence-corrected chi connectivity index (χ3v) is 6.03. The largest absolute Gasteiger partial charge is 0.454 e. The van der Waals surface area contributed by atoms with Crippen LogP contribution >= 0.6 is 12.2 Å². The van der Waals surface area contributed by atoms with E-state index in [2.05, 4.69) is 32.3 Å². The Bertz CT molecular complexity index is 1110. The smallest absolute Gasteiger partial charge is 0.231 e. The zero-order valence-electron chi connectivity index (χ0n) is 17.5. The molecule has 7 nitrogen and oxygen atoms in total. The molecule has 0 atom stereocenters. The number of anilines is 1. The molecule has 5 rings (SSSR count). The van der Waals surface area contributed by atoms with E-state index in [0.717, 1.165) is 44.2 Å². The quantitative estimate of drug-likeness (QED) is 0.595. The summed E-state index contributed by atoms with van der Waals surface area (Å²) in [4.78, 5) is 4.56. The summed E-state index contributed by atoms with van der Waals surface area (Å²) >= 11 is 5.59. The van der Waals surface area contributed by atoms with Crippen LogP contribution in [0.15, 0.2) is 54.7 Å². The van der Waals surface area contributed by atoms with Crippen molar-refractivity contribution in [2.45, 2.75) is 13.1 Å². The Morgan fingerprint density at radius 2 is 1.81 bits per heavy atom. The number of piperazine rings is 1. The van der Waals surface area contributed by atoms with Gasteiger partial charge in [-0.2, -0.15) is 5.10 Å². The molecule has 0 aliphatic carbocycles. The molecule has 2 aliphatic heterocycles. The number of hydrogen-bond donors (Lipinski definition) is 1. The van der Waals surface area contributed by atoms with Crippen molar-refractivity contribution in [1.82, 2.24) is 19.6 Å². The Morgan fingerprint density at radius 1 is 1.00 bits per heavy atom. The van der Waals surface area contributed by atoms with Crippen LogP contribution in [0.1, 0.15) is 11.1 Å². The van der Waals surface area contributed by atoms with Gasteiger partial charge in [-0.15, -0.1) is 0 Å². The highest BCUT2D eigenvalue weighted by atomic mass is 32.1. The van der Waals surface area contributed by atoms with E-state index in [1.54, 1.807) is 16.8 Å². The molecule has 166 valence electrons. The van der Waals surface area contributed by atoms with Gasteiger partial charge in [-0.3, -0.25) is 9.58 Å². The zero-order chi connectivity index (χ0) is 21.9. The van der Waals surface area contributed by atoms with Gasteiger partial charge in [0.25, 0.3) is 0 Å². The molecule has 0 amide bonds. The minimum atomic E-state index is -0.230. The molecule has 0 radical (unpaired) electrons. The van der Waals surface area contributed by atoms with Crippen LogP contribution in [0.2, 0.25) is 0 Å². The highest BCUT2D eigenvalue weighted by Gasteiger charge is 2.21. The Hall–Kier alpha value is -3.17. The fraction of sp³-hybridized carbons (Fsp3) is 0.304. The summed E-state index contributed by atoms with van der Waals surface area (Å²) < 4.78 is 26.4. The van der Waals surface area contributed by atoms with Crippen molar-refractivity contribution < 1.29 is 13.9 Å². The highest BCUT2D eigenvalue weighted by molar-refractivity contribution is 7.80. The first-order valence-corrected chi connectivity index (χ1v) is 11.0. The molecule has 9 heteroatoms. The SMILES string of the molecule is Fc1ccccc1Cn1ccc(NC(=S)N2CCN(Cc3ccc4c(c3)OCO4)CC2)n1. The lowest BCUT2D eigenvalue weighted by molar-refractivity contribution is 0.173. The van der Waals surface area contributed by atoms with Gasteiger partial charge in [0.15, 0.2) is 22.4 Å². The van der Waals surface area contributed by atoms with Gasteiger partial charge in [-0.25, -0.2) is 4.39 Å². The first-order chi connectivity index (χ1) is 15.6. The monoisotopic (exact) mass is 453 g/mol. The van der Waals surface area contributed by atoms with Gasteiger partial charge in [-0.1, -0.05) is 24.3 Å². The predicted molar refractivity (Wildman–Crippen MR) is 123 cm³/mol. The molecule has 0 unspecified atom stereocenters. The molecule has 2 aromatic carbocycles. The number of hydrogen-bond acceptors (Lipinski definition) is 5. The number of rotatable bonds is 5. The molecular formula is C23H24FN5O2S. The maximum absolute atomic E-state index is 13.9. The number of ether oxygens (including phenoxy) is 2. The Kier molecular flexibility index (Phi) is 5.91. The van der Waals surface area contributed by atoms with E-state index in [-0.39, 0.29) is 5.82 Å². The van der Waals surface area contributed by atoms with Gasteiger partial charge in [0.2, 0.25) is 6.79 Å². The fourth-order valence-corrected chi connectivity index (χ4v) is 4.20. The van der Waals surface area contributed by atoms with Gasteiger partial charge in [0.1, 0.15) is 5.82 Å². The number of nitrogens with zero attached hydrogens (tertiary/aromatic N) is 4. The third kappa shape index (κ3) is 4.68. The predicted octanol–water partition coefficient (Wildman–Crippen LogP) is 3.31. The van der Waals surface area contributed by atoms with Crippen LogP contribution < -0.4 is 14.8 Å². The van der Waals surface area contributed by atoms with E-state index < -0.39 is 0 Å². The van der Waals surface area contributed by atoms with E-state index in [4.69, 9.17) is 21.7 Å². The zero-order valence-corrected chi connectivity index (χ0v) is 18.4. The van der Waals surface area contributed by atoms with Crippen molar-refractivity contribution in [2.75, 3.05) is 38.3 Å². The van der Waals surface area contributed by atoms with E-state index in [0.29, 0.717) is 29.8 Å². The van der Waals surface area contributed by atoms with Gasteiger partial charge < -0.3 is 19.7 Å². The van der Waals surface area contributed by atoms with Crippen LogP contribution in [-0.2, 0) is 13.1 Å². The molecule has 32 heavy (non-hydrogen) atoms. The molecule has 1 saturated heterocycles. The van der Waals surface area contributed by atoms with Gasteiger partial charge >= 0.3 is 0 Å². The Labute approximate surface area is 191 Å². The molecule has 3 heterocycles. The minimum absolute atomic E-state index is 0.230. The summed E-state index contributed by atoms with van der Waals surface area (Å²) in [6, 6.07) is 14.7.